The fraction of sp³-hybridized carbons (Fsp3) is 0.306. The third-order valence-electron chi connectivity index (χ3n) is 14.8. The molecular weight excluding hydrogens is 801 g/mol. The highest BCUT2D eigenvalue weighted by atomic mass is 15.4. The lowest BCUT2D eigenvalue weighted by Gasteiger charge is -2.39. The Morgan fingerprint density at radius 1 is 0.439 bits per heavy atom. The molecular formula is C62H68N4. The Hall–Kier alpha value is -6.39. The van der Waals surface area contributed by atoms with Crippen LogP contribution >= 0.6 is 0 Å². The van der Waals surface area contributed by atoms with Crippen molar-refractivity contribution in [2.75, 3.05) is 16.5 Å². The van der Waals surface area contributed by atoms with Crippen molar-refractivity contribution >= 4 is 33.2 Å². The van der Waals surface area contributed by atoms with Gasteiger partial charge in [-0.25, -0.2) is 4.98 Å². The van der Waals surface area contributed by atoms with Crippen LogP contribution in [0.2, 0.25) is 0 Å². The lowest BCUT2D eigenvalue weighted by Crippen LogP contribution is -2.34. The van der Waals surface area contributed by atoms with Crippen LogP contribution < -0.4 is 9.80 Å². The third kappa shape index (κ3) is 7.43. The lowest BCUT2D eigenvalue weighted by molar-refractivity contribution is 0.492. The average molecular weight is 869 g/mol. The molecule has 2 aromatic heterocycles. The zero-order valence-corrected chi connectivity index (χ0v) is 41.9. The van der Waals surface area contributed by atoms with Crippen molar-refractivity contribution in [3.05, 3.63) is 213 Å². The molecule has 0 radical (unpaired) electrons. The first-order chi connectivity index (χ1) is 31.2. The van der Waals surface area contributed by atoms with Gasteiger partial charge in [0, 0.05) is 45.7 Å². The summed E-state index contributed by atoms with van der Waals surface area (Å²) in [4.78, 5) is 10.2. The second-order valence-corrected chi connectivity index (χ2v) is 22.0. The molecule has 0 N–H and O–H groups in total. The molecule has 0 bridgehead atoms. The predicted molar refractivity (Wildman–Crippen MR) is 282 cm³/mol. The zero-order valence-electron chi connectivity index (χ0n) is 41.9. The summed E-state index contributed by atoms with van der Waals surface area (Å²) in [7, 11) is 0. The number of hydrogen-bond acceptors (Lipinski definition) is 3. The van der Waals surface area contributed by atoms with Gasteiger partial charge in [-0.3, -0.25) is 4.57 Å². The molecule has 66 heavy (non-hydrogen) atoms. The summed E-state index contributed by atoms with van der Waals surface area (Å²) in [6, 6.07) is 50.4. The van der Waals surface area contributed by atoms with Crippen molar-refractivity contribution in [1.82, 2.24) is 9.55 Å². The number of allylic oxidation sites excluding steroid dienone is 1. The standard InChI is InChI=1S/C62H68N4/c1-40-41(2)43(4)58(44(5)42(40)3)64-38-56(61(12,13)14)65(39-64)51-34-49(60(9,10)11)33-50(35-51)62(45-23-17-15-18-24-45,46-25-19-16-20-26-46)48-29-30-53-52-27-21-22-28-54(52)66(55(53)36-48)57-37-47(31-32-63-57)59(6,7)8/h15-38H,39H2,1-14H3. The Morgan fingerprint density at radius 2 is 0.985 bits per heavy atom. The Morgan fingerprint density at radius 3 is 1.58 bits per heavy atom. The number of para-hydroxylation sites is 1. The van der Waals surface area contributed by atoms with Crippen molar-refractivity contribution in [3.63, 3.8) is 0 Å². The molecule has 4 nitrogen and oxygen atoms in total. The van der Waals surface area contributed by atoms with E-state index in [0.29, 0.717) is 0 Å². The third-order valence-corrected chi connectivity index (χ3v) is 14.8. The first kappa shape index (κ1) is 44.8. The minimum atomic E-state index is -0.710. The van der Waals surface area contributed by atoms with Crippen molar-refractivity contribution in [2.45, 2.75) is 113 Å². The fourth-order valence-corrected chi connectivity index (χ4v) is 10.6. The summed E-state index contributed by atoms with van der Waals surface area (Å²) in [5.41, 5.74) is 19.4. The van der Waals surface area contributed by atoms with E-state index in [0.717, 1.165) is 23.5 Å². The van der Waals surface area contributed by atoms with Gasteiger partial charge in [-0.05, 0) is 143 Å². The molecule has 6 aromatic carbocycles. The second kappa shape index (κ2) is 16.2. The molecule has 0 unspecified atom stereocenters. The van der Waals surface area contributed by atoms with Crippen LogP contribution in [-0.2, 0) is 16.2 Å². The number of nitrogens with zero attached hydrogens (tertiary/aromatic N) is 4. The van der Waals surface area contributed by atoms with Crippen LogP contribution in [-0.4, -0.2) is 16.2 Å². The van der Waals surface area contributed by atoms with Gasteiger partial charge in [-0.15, -0.1) is 0 Å². The molecule has 0 saturated carbocycles. The van der Waals surface area contributed by atoms with E-state index in [9.17, 15) is 0 Å². The Balaban J connectivity index is 1.36. The highest BCUT2D eigenvalue weighted by molar-refractivity contribution is 6.09. The van der Waals surface area contributed by atoms with Gasteiger partial charge in [0.1, 0.15) is 5.82 Å². The maximum Gasteiger partial charge on any atom is 0.137 e. The van der Waals surface area contributed by atoms with E-state index in [1.54, 1.807) is 0 Å². The van der Waals surface area contributed by atoms with Gasteiger partial charge < -0.3 is 9.80 Å². The first-order valence-corrected chi connectivity index (χ1v) is 23.8. The van der Waals surface area contributed by atoms with Crippen molar-refractivity contribution in [2.24, 2.45) is 5.41 Å². The van der Waals surface area contributed by atoms with Crippen LogP contribution in [0.15, 0.2) is 152 Å². The van der Waals surface area contributed by atoms with Crippen LogP contribution in [0.4, 0.5) is 11.4 Å². The van der Waals surface area contributed by atoms with E-state index in [2.05, 4.69) is 251 Å². The number of rotatable bonds is 7. The SMILES string of the molecule is Cc1c(C)c(C)c(N2C=C(C(C)(C)C)N(c3cc(C(C)(C)C)cc(C(c4ccccc4)(c4ccccc4)c4ccc5c6ccccc6n(-c6cc(C(C)(C)C)ccn6)c5c4)c3)C2)c(C)c1C. The molecule has 4 heteroatoms. The molecule has 0 saturated heterocycles. The smallest absolute Gasteiger partial charge is 0.137 e. The van der Waals surface area contributed by atoms with Gasteiger partial charge >= 0.3 is 0 Å². The quantitative estimate of drug-likeness (QED) is 0.149. The molecule has 0 amide bonds. The van der Waals surface area contributed by atoms with Gasteiger partial charge in [-0.1, -0.05) is 159 Å². The topological polar surface area (TPSA) is 24.3 Å². The Kier molecular flexibility index (Phi) is 11.0. The normalized spacial score (nSPS) is 13.9. The highest BCUT2D eigenvalue weighted by Gasteiger charge is 2.41. The molecule has 3 heterocycles. The maximum absolute atomic E-state index is 5.08. The average Bonchev–Trinajstić information content (AvgIpc) is 3.89. The van der Waals surface area contributed by atoms with Crippen molar-refractivity contribution in [1.29, 1.82) is 0 Å². The molecule has 0 atom stereocenters. The van der Waals surface area contributed by atoms with E-state index in [1.165, 1.54) is 89.0 Å². The van der Waals surface area contributed by atoms with E-state index in [-0.39, 0.29) is 16.2 Å². The van der Waals surface area contributed by atoms with Crippen LogP contribution in [0.5, 0.6) is 0 Å². The summed E-state index contributed by atoms with van der Waals surface area (Å²) in [5.74, 6) is 0.928. The van der Waals surface area contributed by atoms with Crippen LogP contribution in [0.3, 0.4) is 0 Å². The minimum absolute atomic E-state index is 0.0305. The predicted octanol–water partition coefficient (Wildman–Crippen LogP) is 15.9. The first-order valence-electron chi connectivity index (χ1n) is 23.8. The number of aromatic nitrogens is 2. The monoisotopic (exact) mass is 869 g/mol. The van der Waals surface area contributed by atoms with Crippen LogP contribution in [0.25, 0.3) is 27.6 Å². The van der Waals surface area contributed by atoms with Gasteiger partial charge in [0.25, 0.3) is 0 Å². The van der Waals surface area contributed by atoms with Crippen molar-refractivity contribution in [3.8, 4) is 5.82 Å². The molecule has 1 aliphatic heterocycles. The second-order valence-electron chi connectivity index (χ2n) is 22.0. The van der Waals surface area contributed by atoms with Gasteiger partial charge in [-0.2, -0.15) is 0 Å². The molecule has 8 aromatic rings. The molecule has 336 valence electrons. The number of pyridine rings is 1. The van der Waals surface area contributed by atoms with E-state index in [4.69, 9.17) is 4.98 Å². The van der Waals surface area contributed by atoms with Crippen LogP contribution in [0.1, 0.15) is 124 Å². The number of fused-ring (bicyclic) bond motifs is 3. The molecule has 1 aliphatic rings. The number of benzene rings is 6. The lowest BCUT2D eigenvalue weighted by atomic mass is 9.64. The summed E-state index contributed by atoms with van der Waals surface area (Å²) in [5, 5.41) is 2.43. The van der Waals surface area contributed by atoms with E-state index in [1.807, 2.05) is 6.20 Å². The molecule has 0 fully saturated rings. The van der Waals surface area contributed by atoms with Crippen LogP contribution in [0, 0.1) is 40.0 Å². The number of hydrogen-bond donors (Lipinski definition) is 0. The van der Waals surface area contributed by atoms with Crippen molar-refractivity contribution < 1.29 is 0 Å². The fourth-order valence-electron chi connectivity index (χ4n) is 10.6. The zero-order chi connectivity index (χ0) is 47.1. The summed E-state index contributed by atoms with van der Waals surface area (Å²) in [6.45, 7) is 33.1. The minimum Gasteiger partial charge on any atom is -0.327 e. The summed E-state index contributed by atoms with van der Waals surface area (Å²) < 4.78 is 2.39. The Labute approximate surface area is 394 Å². The number of anilines is 2. The molecule has 0 spiro atoms. The van der Waals surface area contributed by atoms with Gasteiger partial charge in [0.05, 0.1) is 23.1 Å². The largest absolute Gasteiger partial charge is 0.327 e. The highest BCUT2D eigenvalue weighted by Crippen LogP contribution is 2.50. The molecule has 0 aliphatic carbocycles. The molecule has 9 rings (SSSR count). The van der Waals surface area contributed by atoms with Gasteiger partial charge in [0.2, 0.25) is 0 Å². The maximum atomic E-state index is 5.08. The van der Waals surface area contributed by atoms with E-state index < -0.39 is 5.41 Å². The summed E-state index contributed by atoms with van der Waals surface area (Å²) >= 11 is 0. The van der Waals surface area contributed by atoms with Gasteiger partial charge in [0.15, 0.2) is 0 Å². The Bertz CT molecular complexity index is 3090. The van der Waals surface area contributed by atoms with E-state index >= 15 is 0 Å². The summed E-state index contributed by atoms with van der Waals surface area (Å²) in [6.07, 6.45) is 4.41.